The van der Waals surface area contributed by atoms with Gasteiger partial charge in [0.15, 0.2) is 0 Å². The van der Waals surface area contributed by atoms with Gasteiger partial charge >= 0.3 is 6.03 Å². The maximum absolute atomic E-state index is 12.2. The summed E-state index contributed by atoms with van der Waals surface area (Å²) in [5.74, 6) is 0.481. The highest BCUT2D eigenvalue weighted by molar-refractivity contribution is 5.97. The Labute approximate surface area is 148 Å². The van der Waals surface area contributed by atoms with Gasteiger partial charge in [0.1, 0.15) is 0 Å². The first kappa shape index (κ1) is 17.0. The van der Waals surface area contributed by atoms with Crippen LogP contribution in [0.4, 0.5) is 16.2 Å². The summed E-state index contributed by atoms with van der Waals surface area (Å²) in [5, 5.41) is 5.71. The fourth-order valence-corrected chi connectivity index (χ4v) is 2.97. The summed E-state index contributed by atoms with van der Waals surface area (Å²) in [5.41, 5.74) is 2.83. The number of benzene rings is 2. The number of carbonyl (C=O) groups excluding carboxylic acids is 2. The number of nitrogens with zero attached hydrogens (tertiary/aromatic N) is 1. The van der Waals surface area contributed by atoms with Crippen molar-refractivity contribution in [3.8, 4) is 0 Å². The lowest BCUT2D eigenvalue weighted by Crippen LogP contribution is -2.39. The lowest BCUT2D eigenvalue weighted by Gasteiger charge is -2.17. The molecule has 1 atom stereocenters. The minimum absolute atomic E-state index is 0.0257. The molecule has 1 aliphatic rings. The van der Waals surface area contributed by atoms with Crippen LogP contribution >= 0.6 is 0 Å². The molecule has 1 fully saturated rings. The van der Waals surface area contributed by atoms with E-state index in [1.165, 1.54) is 5.56 Å². The summed E-state index contributed by atoms with van der Waals surface area (Å²) < 4.78 is 0. The number of amides is 3. The van der Waals surface area contributed by atoms with Crippen molar-refractivity contribution in [1.29, 1.82) is 0 Å². The molecule has 1 saturated heterocycles. The van der Waals surface area contributed by atoms with E-state index in [1.54, 1.807) is 4.90 Å². The van der Waals surface area contributed by atoms with Crippen LogP contribution in [-0.4, -0.2) is 24.5 Å². The van der Waals surface area contributed by atoms with Gasteiger partial charge in [0.25, 0.3) is 0 Å². The van der Waals surface area contributed by atoms with E-state index in [1.807, 2.05) is 54.6 Å². The number of carbonyl (C=O) groups is 2. The molecule has 3 rings (SSSR count). The van der Waals surface area contributed by atoms with Crippen LogP contribution in [0.1, 0.15) is 31.7 Å². The van der Waals surface area contributed by atoms with Gasteiger partial charge in [-0.1, -0.05) is 44.2 Å². The monoisotopic (exact) mass is 337 g/mol. The van der Waals surface area contributed by atoms with E-state index in [9.17, 15) is 9.59 Å². The lowest BCUT2D eigenvalue weighted by atomic mass is 10.0. The van der Waals surface area contributed by atoms with Gasteiger partial charge < -0.3 is 15.5 Å². The van der Waals surface area contributed by atoms with Gasteiger partial charge in [-0.25, -0.2) is 4.79 Å². The first-order chi connectivity index (χ1) is 12.0. The summed E-state index contributed by atoms with van der Waals surface area (Å²) in [6.07, 6.45) is 0.314. The zero-order chi connectivity index (χ0) is 17.8. The summed E-state index contributed by atoms with van der Waals surface area (Å²) in [6, 6.07) is 16.8. The normalized spacial score (nSPS) is 17.0. The Morgan fingerprint density at radius 1 is 1.08 bits per heavy atom. The number of urea groups is 1. The van der Waals surface area contributed by atoms with Gasteiger partial charge in [0.05, 0.1) is 6.04 Å². The molecule has 2 N–H and O–H groups in total. The second-order valence-electron chi connectivity index (χ2n) is 6.62. The minimum atomic E-state index is -0.287. The summed E-state index contributed by atoms with van der Waals surface area (Å²) in [7, 11) is 0. The molecule has 25 heavy (non-hydrogen) atoms. The van der Waals surface area contributed by atoms with E-state index in [0.717, 1.165) is 11.4 Å². The topological polar surface area (TPSA) is 61.4 Å². The number of rotatable bonds is 4. The first-order valence-electron chi connectivity index (χ1n) is 8.56. The molecular formula is C20H23N3O2. The van der Waals surface area contributed by atoms with E-state index in [4.69, 9.17) is 0 Å². The highest BCUT2D eigenvalue weighted by Gasteiger charge is 2.31. The predicted molar refractivity (Wildman–Crippen MR) is 99.9 cm³/mol. The number of hydrogen-bond donors (Lipinski definition) is 2. The van der Waals surface area contributed by atoms with Gasteiger partial charge in [-0.2, -0.15) is 0 Å². The minimum Gasteiger partial charge on any atom is -0.333 e. The molecule has 0 spiro atoms. The van der Waals surface area contributed by atoms with Crippen LogP contribution in [-0.2, 0) is 4.79 Å². The van der Waals surface area contributed by atoms with Gasteiger partial charge in [0, 0.05) is 24.3 Å². The smallest absolute Gasteiger partial charge is 0.319 e. The highest BCUT2D eigenvalue weighted by Crippen LogP contribution is 2.21. The number of hydrogen-bond acceptors (Lipinski definition) is 2. The molecule has 2 aromatic carbocycles. The molecule has 0 bridgehead atoms. The third kappa shape index (κ3) is 4.18. The molecule has 1 aliphatic heterocycles. The lowest BCUT2D eigenvalue weighted by molar-refractivity contribution is -0.117. The van der Waals surface area contributed by atoms with Crippen LogP contribution in [0.5, 0.6) is 0 Å². The van der Waals surface area contributed by atoms with Crippen LogP contribution in [0.3, 0.4) is 0 Å². The van der Waals surface area contributed by atoms with Crippen molar-refractivity contribution in [2.24, 2.45) is 0 Å². The van der Waals surface area contributed by atoms with Crippen molar-refractivity contribution >= 4 is 23.3 Å². The van der Waals surface area contributed by atoms with Crippen LogP contribution in [0.25, 0.3) is 0 Å². The third-order valence-corrected chi connectivity index (χ3v) is 4.36. The molecule has 5 heteroatoms. The van der Waals surface area contributed by atoms with Crippen molar-refractivity contribution < 1.29 is 9.59 Å². The Hall–Kier alpha value is -2.82. The summed E-state index contributed by atoms with van der Waals surface area (Å²) in [6.45, 7) is 4.75. The van der Waals surface area contributed by atoms with Gasteiger partial charge in [-0.3, -0.25) is 4.79 Å². The zero-order valence-electron chi connectivity index (χ0n) is 14.5. The van der Waals surface area contributed by atoms with E-state index in [2.05, 4.69) is 24.5 Å². The zero-order valence-corrected chi connectivity index (χ0v) is 14.5. The Bertz CT molecular complexity index is 741. The molecule has 0 unspecified atom stereocenters. The van der Waals surface area contributed by atoms with Crippen molar-refractivity contribution in [3.05, 3.63) is 60.2 Å². The molecule has 130 valence electrons. The SMILES string of the molecule is CC(C)c1ccc(NC(=O)N[C@H]2CC(=O)N(c3ccccc3)C2)cc1. The fourth-order valence-electron chi connectivity index (χ4n) is 2.97. The Morgan fingerprint density at radius 2 is 1.76 bits per heavy atom. The molecule has 3 amide bonds. The van der Waals surface area contributed by atoms with Crippen LogP contribution in [0.15, 0.2) is 54.6 Å². The number of anilines is 2. The first-order valence-corrected chi connectivity index (χ1v) is 8.56. The van der Waals surface area contributed by atoms with Gasteiger partial charge in [-0.15, -0.1) is 0 Å². The van der Waals surface area contributed by atoms with E-state index in [0.29, 0.717) is 18.9 Å². The largest absolute Gasteiger partial charge is 0.333 e. The maximum atomic E-state index is 12.2. The Morgan fingerprint density at radius 3 is 2.40 bits per heavy atom. The Balaban J connectivity index is 1.56. The molecule has 5 nitrogen and oxygen atoms in total. The van der Waals surface area contributed by atoms with Crippen molar-refractivity contribution in [2.45, 2.75) is 32.2 Å². The van der Waals surface area contributed by atoms with Crippen LogP contribution < -0.4 is 15.5 Å². The van der Waals surface area contributed by atoms with E-state index < -0.39 is 0 Å². The average molecular weight is 337 g/mol. The average Bonchev–Trinajstić information content (AvgIpc) is 2.96. The van der Waals surface area contributed by atoms with Gasteiger partial charge in [-0.05, 0) is 35.7 Å². The van der Waals surface area contributed by atoms with Gasteiger partial charge in [0.2, 0.25) is 5.91 Å². The number of para-hydroxylation sites is 1. The molecule has 0 radical (unpaired) electrons. The molecule has 1 heterocycles. The second kappa shape index (κ2) is 7.38. The summed E-state index contributed by atoms with van der Waals surface area (Å²) in [4.78, 5) is 26.1. The molecule has 0 aromatic heterocycles. The highest BCUT2D eigenvalue weighted by atomic mass is 16.2. The maximum Gasteiger partial charge on any atom is 0.319 e. The number of nitrogens with one attached hydrogen (secondary N) is 2. The van der Waals surface area contributed by atoms with Crippen molar-refractivity contribution in [2.75, 3.05) is 16.8 Å². The Kier molecular flexibility index (Phi) is 5.03. The summed E-state index contributed by atoms with van der Waals surface area (Å²) >= 11 is 0. The molecular weight excluding hydrogens is 314 g/mol. The molecule has 0 saturated carbocycles. The van der Waals surface area contributed by atoms with E-state index in [-0.39, 0.29) is 18.0 Å². The van der Waals surface area contributed by atoms with Crippen molar-refractivity contribution in [1.82, 2.24) is 5.32 Å². The quantitative estimate of drug-likeness (QED) is 0.893. The van der Waals surface area contributed by atoms with Crippen LogP contribution in [0.2, 0.25) is 0 Å². The van der Waals surface area contributed by atoms with E-state index >= 15 is 0 Å². The van der Waals surface area contributed by atoms with Crippen molar-refractivity contribution in [3.63, 3.8) is 0 Å². The third-order valence-electron chi connectivity index (χ3n) is 4.36. The predicted octanol–water partition coefficient (Wildman–Crippen LogP) is 3.74. The molecule has 2 aromatic rings. The fraction of sp³-hybridized carbons (Fsp3) is 0.300. The van der Waals surface area contributed by atoms with Crippen LogP contribution in [0, 0.1) is 0 Å². The second-order valence-corrected chi connectivity index (χ2v) is 6.62. The molecule has 0 aliphatic carbocycles. The standard InChI is InChI=1S/C20H23N3O2/c1-14(2)15-8-10-16(11-9-15)21-20(25)22-17-12-19(24)23(13-17)18-6-4-3-5-7-18/h3-11,14,17H,12-13H2,1-2H3,(H2,21,22,25)/t17-/m0/s1.